The van der Waals surface area contributed by atoms with Crippen molar-refractivity contribution >= 4 is 11.5 Å². The van der Waals surface area contributed by atoms with Gasteiger partial charge in [-0.3, -0.25) is 4.79 Å². The van der Waals surface area contributed by atoms with E-state index in [0.29, 0.717) is 41.3 Å². The van der Waals surface area contributed by atoms with E-state index in [1.165, 1.54) is 6.07 Å². The zero-order chi connectivity index (χ0) is 15.5. The molecule has 1 N–H and O–H groups in total. The molecule has 0 saturated heterocycles. The fourth-order valence-electron chi connectivity index (χ4n) is 2.24. The van der Waals surface area contributed by atoms with Crippen LogP contribution in [-0.4, -0.2) is 19.1 Å². The normalized spacial score (nSPS) is 12.3. The summed E-state index contributed by atoms with van der Waals surface area (Å²) in [7, 11) is 0. The number of fused-ring (bicyclic) bond motifs is 1. The Balaban J connectivity index is 1.57. The van der Waals surface area contributed by atoms with E-state index >= 15 is 0 Å². The minimum absolute atomic E-state index is 0.00150. The summed E-state index contributed by atoms with van der Waals surface area (Å²) in [6, 6.07) is 10.1. The van der Waals surface area contributed by atoms with Gasteiger partial charge in [0.25, 0.3) is 0 Å². The summed E-state index contributed by atoms with van der Waals surface area (Å²) in [6.07, 6.45) is 0.315. The summed E-state index contributed by atoms with van der Waals surface area (Å²) in [5, 5.41) is 3.05. The lowest BCUT2D eigenvalue weighted by Gasteiger charge is -2.07. The third kappa shape index (κ3) is 3.03. The number of carbonyl (C=O) groups excluding carboxylic acids is 1. The monoisotopic (exact) mass is 301 g/mol. The quantitative estimate of drug-likeness (QED) is 0.858. The standard InChI is InChI=1S/C17H16FNO3/c1-11-2-4-13(9-14(11)18)19-7-6-15(20)12-3-5-16-17(8-12)22-10-21-16/h2-5,8-9,19H,6-7,10H2,1H3. The first kappa shape index (κ1) is 14.4. The van der Waals surface area contributed by atoms with Crippen LogP contribution < -0.4 is 14.8 Å². The zero-order valence-electron chi connectivity index (χ0n) is 12.2. The molecule has 0 unspecified atom stereocenters. The summed E-state index contributed by atoms with van der Waals surface area (Å²) in [4.78, 5) is 12.1. The van der Waals surface area contributed by atoms with Crippen LogP contribution in [0.2, 0.25) is 0 Å². The second-order valence-corrected chi connectivity index (χ2v) is 5.13. The molecular weight excluding hydrogens is 285 g/mol. The number of carbonyl (C=O) groups is 1. The zero-order valence-corrected chi connectivity index (χ0v) is 12.2. The second-order valence-electron chi connectivity index (χ2n) is 5.13. The Kier molecular flexibility index (Phi) is 3.96. The van der Waals surface area contributed by atoms with Crippen LogP contribution in [0.3, 0.4) is 0 Å². The Labute approximate surface area is 127 Å². The minimum Gasteiger partial charge on any atom is -0.454 e. The molecule has 1 aliphatic rings. The van der Waals surface area contributed by atoms with Gasteiger partial charge in [0.05, 0.1) is 0 Å². The van der Waals surface area contributed by atoms with Gasteiger partial charge in [0.15, 0.2) is 17.3 Å². The minimum atomic E-state index is -0.257. The number of Topliss-reactive ketones (excluding diaryl/α,β-unsaturated/α-hetero) is 1. The van der Waals surface area contributed by atoms with Crippen molar-refractivity contribution in [1.82, 2.24) is 0 Å². The van der Waals surface area contributed by atoms with Crippen molar-refractivity contribution in [3.63, 3.8) is 0 Å². The van der Waals surface area contributed by atoms with Gasteiger partial charge in [0.1, 0.15) is 5.82 Å². The van der Waals surface area contributed by atoms with Gasteiger partial charge in [-0.2, -0.15) is 0 Å². The first-order chi connectivity index (χ1) is 10.6. The van der Waals surface area contributed by atoms with Gasteiger partial charge in [0.2, 0.25) is 6.79 Å². The molecule has 0 atom stereocenters. The third-order valence-corrected chi connectivity index (χ3v) is 3.55. The van der Waals surface area contributed by atoms with Crippen LogP contribution in [0.15, 0.2) is 36.4 Å². The Morgan fingerprint density at radius 1 is 1.18 bits per heavy atom. The summed E-state index contributed by atoms with van der Waals surface area (Å²) in [5.74, 6) is 0.995. The number of anilines is 1. The maximum Gasteiger partial charge on any atom is 0.231 e. The van der Waals surface area contributed by atoms with Crippen LogP contribution in [0.5, 0.6) is 11.5 Å². The predicted octanol–water partition coefficient (Wildman–Crippen LogP) is 3.55. The summed E-state index contributed by atoms with van der Waals surface area (Å²) < 4.78 is 23.9. The molecule has 0 aliphatic carbocycles. The largest absolute Gasteiger partial charge is 0.454 e. The van der Waals surface area contributed by atoms with E-state index in [4.69, 9.17) is 9.47 Å². The smallest absolute Gasteiger partial charge is 0.231 e. The maximum absolute atomic E-state index is 13.4. The van der Waals surface area contributed by atoms with E-state index in [1.54, 1.807) is 37.3 Å². The van der Waals surface area contributed by atoms with Crippen molar-refractivity contribution in [2.24, 2.45) is 0 Å². The Morgan fingerprint density at radius 2 is 2.00 bits per heavy atom. The SMILES string of the molecule is Cc1ccc(NCCC(=O)c2ccc3c(c2)OCO3)cc1F. The van der Waals surface area contributed by atoms with Gasteiger partial charge in [-0.1, -0.05) is 6.07 Å². The number of hydrogen-bond donors (Lipinski definition) is 1. The van der Waals surface area contributed by atoms with Crippen molar-refractivity contribution < 1.29 is 18.7 Å². The number of aryl methyl sites for hydroxylation is 1. The van der Waals surface area contributed by atoms with Crippen molar-refractivity contribution in [3.8, 4) is 11.5 Å². The van der Waals surface area contributed by atoms with E-state index in [2.05, 4.69) is 5.32 Å². The van der Waals surface area contributed by atoms with Gasteiger partial charge in [-0.05, 0) is 42.8 Å². The van der Waals surface area contributed by atoms with E-state index in [1.807, 2.05) is 0 Å². The number of hydrogen-bond acceptors (Lipinski definition) is 4. The first-order valence-electron chi connectivity index (χ1n) is 7.06. The van der Waals surface area contributed by atoms with Crippen molar-refractivity contribution in [2.75, 3.05) is 18.7 Å². The maximum atomic E-state index is 13.4. The number of ketones is 1. The molecule has 114 valence electrons. The summed E-state index contributed by atoms with van der Waals surface area (Å²) >= 11 is 0. The number of benzene rings is 2. The van der Waals surface area contributed by atoms with E-state index < -0.39 is 0 Å². The highest BCUT2D eigenvalue weighted by molar-refractivity contribution is 5.97. The van der Waals surface area contributed by atoms with Crippen molar-refractivity contribution in [2.45, 2.75) is 13.3 Å². The summed E-state index contributed by atoms with van der Waals surface area (Å²) in [5.41, 5.74) is 1.85. The van der Waals surface area contributed by atoms with E-state index in [0.717, 1.165) is 0 Å². The van der Waals surface area contributed by atoms with Crippen LogP contribution in [-0.2, 0) is 0 Å². The highest BCUT2D eigenvalue weighted by atomic mass is 19.1. The predicted molar refractivity (Wildman–Crippen MR) is 81.1 cm³/mol. The van der Waals surface area contributed by atoms with Crippen LogP contribution in [0.1, 0.15) is 22.3 Å². The molecule has 3 rings (SSSR count). The van der Waals surface area contributed by atoms with Gasteiger partial charge in [-0.25, -0.2) is 4.39 Å². The topological polar surface area (TPSA) is 47.6 Å². The fraction of sp³-hybridized carbons (Fsp3) is 0.235. The fourth-order valence-corrected chi connectivity index (χ4v) is 2.24. The molecule has 0 fully saturated rings. The lowest BCUT2D eigenvalue weighted by Crippen LogP contribution is -2.09. The molecular formula is C17H16FNO3. The molecule has 0 saturated carbocycles. The molecule has 1 aliphatic heterocycles. The molecule has 5 heteroatoms. The van der Waals surface area contributed by atoms with Gasteiger partial charge in [0, 0.05) is 24.2 Å². The molecule has 0 bridgehead atoms. The second kappa shape index (κ2) is 6.05. The molecule has 0 aromatic heterocycles. The van der Waals surface area contributed by atoms with Crippen LogP contribution in [0.4, 0.5) is 10.1 Å². The molecule has 2 aromatic carbocycles. The van der Waals surface area contributed by atoms with Gasteiger partial charge < -0.3 is 14.8 Å². The average Bonchev–Trinajstić information content (AvgIpc) is 2.98. The first-order valence-corrected chi connectivity index (χ1v) is 7.06. The highest BCUT2D eigenvalue weighted by Gasteiger charge is 2.15. The molecule has 1 heterocycles. The van der Waals surface area contributed by atoms with Gasteiger partial charge in [-0.15, -0.1) is 0 Å². The number of halogens is 1. The van der Waals surface area contributed by atoms with E-state index in [9.17, 15) is 9.18 Å². The van der Waals surface area contributed by atoms with Crippen LogP contribution in [0, 0.1) is 12.7 Å². The molecule has 0 radical (unpaired) electrons. The number of nitrogens with one attached hydrogen (secondary N) is 1. The van der Waals surface area contributed by atoms with Crippen molar-refractivity contribution in [1.29, 1.82) is 0 Å². The van der Waals surface area contributed by atoms with Gasteiger partial charge >= 0.3 is 0 Å². The van der Waals surface area contributed by atoms with Crippen LogP contribution in [0.25, 0.3) is 0 Å². The third-order valence-electron chi connectivity index (χ3n) is 3.55. The van der Waals surface area contributed by atoms with Crippen molar-refractivity contribution in [3.05, 3.63) is 53.3 Å². The lowest BCUT2D eigenvalue weighted by atomic mass is 10.1. The summed E-state index contributed by atoms with van der Waals surface area (Å²) in [6.45, 7) is 2.34. The number of ether oxygens (including phenoxy) is 2. The Bertz CT molecular complexity index is 715. The van der Waals surface area contributed by atoms with Crippen LogP contribution >= 0.6 is 0 Å². The highest BCUT2D eigenvalue weighted by Crippen LogP contribution is 2.32. The molecule has 4 nitrogen and oxygen atoms in total. The average molecular weight is 301 g/mol. The molecule has 0 spiro atoms. The van der Waals surface area contributed by atoms with E-state index in [-0.39, 0.29) is 18.4 Å². The lowest BCUT2D eigenvalue weighted by molar-refractivity contribution is 0.0986. The molecule has 2 aromatic rings. The Morgan fingerprint density at radius 3 is 2.82 bits per heavy atom. The molecule has 0 amide bonds. The Hall–Kier alpha value is -2.56. The number of rotatable bonds is 5. The molecule has 22 heavy (non-hydrogen) atoms.